The zero-order valence-electron chi connectivity index (χ0n) is 37.5. The molecule has 0 spiro atoms. The minimum absolute atomic E-state index is 0. The van der Waals surface area contributed by atoms with E-state index in [0.29, 0.717) is 22.5 Å². The molecule has 2 unspecified atom stereocenters. The summed E-state index contributed by atoms with van der Waals surface area (Å²) in [6.45, 7) is -0.933. The number of carboxylic acid groups (broad SMARTS) is 4. The quantitative estimate of drug-likeness (QED) is 0.0198. The number of anilines is 2. The van der Waals surface area contributed by atoms with E-state index in [2.05, 4.69) is 41.7 Å². The largest absolute Gasteiger partial charge is 1.00 e. The first-order valence-corrected chi connectivity index (χ1v) is 24.1. The minimum atomic E-state index is -1.56. The molecule has 0 radical (unpaired) electrons. The van der Waals surface area contributed by atoms with E-state index in [1.54, 1.807) is 24.3 Å². The average Bonchev–Trinajstić information content (AvgIpc) is 3.97. The topological polar surface area (TPSA) is 433 Å². The van der Waals surface area contributed by atoms with Crippen LogP contribution in [-0.2, 0) is 51.4 Å². The Bertz CT molecular complexity index is 2670. The smallest absolute Gasteiger partial charge is 0.543 e. The number of hydrogen-bond acceptors (Lipinski definition) is 24. The van der Waals surface area contributed by atoms with Gasteiger partial charge >= 0.3 is 115 Å². The summed E-state index contributed by atoms with van der Waals surface area (Å²) < 4.78 is 2.11. The third-order valence-electron chi connectivity index (χ3n) is 10.3. The van der Waals surface area contributed by atoms with E-state index in [4.69, 9.17) is 21.7 Å². The van der Waals surface area contributed by atoms with Gasteiger partial charge < -0.3 is 62.3 Å². The number of tetrazole rings is 2. The van der Waals surface area contributed by atoms with Crippen LogP contribution in [0, 0.1) is 0 Å². The van der Waals surface area contributed by atoms with Gasteiger partial charge in [-0.3, -0.25) is 38.6 Å². The van der Waals surface area contributed by atoms with Gasteiger partial charge in [0.1, 0.15) is 35.9 Å². The third kappa shape index (κ3) is 13.5. The molecule has 6 heterocycles. The predicted octanol–water partition coefficient (Wildman–Crippen LogP) is -10.9. The molecule has 2 aromatic heterocycles. The van der Waals surface area contributed by atoms with Crippen LogP contribution in [0.5, 0.6) is 0 Å². The number of carboxylic acids is 4. The van der Waals surface area contributed by atoms with Gasteiger partial charge in [-0.15, -0.1) is 33.7 Å². The standard InChI is InChI=1S/2C19H19N7O7S2.2K/c2*20-10-3-1-2-8(4-10)14(29)15(30)21-12-16(31)26-13(18(32)33)9(6-34-17(12)26)7-35-19-22-23-24-25(19)5-11(27)28;;/h2*1-4,12,14,17,29H,5-7,20H2,(H,21,30)(H,27,28)(H,32,33);;/q;;2*+1/p-2/t2*12?,14-,17-;;/m11../s1. The number of aliphatic hydroxyl groups is 2. The number of aromatic nitrogens is 8. The summed E-state index contributed by atoms with van der Waals surface area (Å²) in [4.78, 5) is 98.2. The van der Waals surface area contributed by atoms with Crippen LogP contribution >= 0.6 is 47.0 Å². The van der Waals surface area contributed by atoms with Gasteiger partial charge in [0.2, 0.25) is 10.3 Å². The number of aliphatic hydroxyl groups excluding tert-OH is 2. The van der Waals surface area contributed by atoms with E-state index >= 15 is 0 Å². The Labute approximate surface area is 507 Å². The summed E-state index contributed by atoms with van der Waals surface area (Å²) in [5.74, 6) is -7.83. The molecule has 4 aliphatic heterocycles. The Morgan fingerprint density at radius 2 is 1.06 bits per heavy atom. The maximum absolute atomic E-state index is 12.8. The van der Waals surface area contributed by atoms with Crippen molar-refractivity contribution in [2.24, 2.45) is 0 Å². The Kier molecular flexibility index (Phi) is 21.3. The van der Waals surface area contributed by atoms with Crippen LogP contribution in [0.25, 0.3) is 0 Å². The van der Waals surface area contributed by atoms with Crippen molar-refractivity contribution in [2.45, 2.75) is 58.4 Å². The van der Waals surface area contributed by atoms with Crippen LogP contribution < -0.4 is 135 Å². The molecule has 72 heavy (non-hydrogen) atoms. The molecule has 2 aromatic carbocycles. The number of thioether (sulfide) groups is 4. The van der Waals surface area contributed by atoms with Gasteiger partial charge in [-0.1, -0.05) is 47.8 Å². The number of fused-ring (bicyclic) bond motifs is 2. The fourth-order valence-electron chi connectivity index (χ4n) is 7.15. The number of nitrogen functional groups attached to an aromatic ring is 2. The number of aliphatic carboxylic acids is 4. The SMILES string of the molecule is Nc1cccc([C@@H](O)C(=O)NC2C(=O)N3C(C(=O)[O-])=C(CSc4nnnn4CC(=O)O)CS[C@H]23)c1.Nc1cccc([C@@H](O)C(=O)NC2C(=O)N3C(C(=O)[O-])=C(CSc4nnnn4CC(=O)O)CS[C@H]23)c1.[K+].[K+]. The number of rotatable bonds is 18. The van der Waals surface area contributed by atoms with E-state index in [0.717, 1.165) is 42.7 Å². The van der Waals surface area contributed by atoms with Crippen LogP contribution in [0.4, 0.5) is 11.4 Å². The molecule has 6 atom stereocenters. The summed E-state index contributed by atoms with van der Waals surface area (Å²) in [6.07, 6.45) is -3.12. The Balaban J connectivity index is 0.000000260. The fraction of sp³-hybridized carbons (Fsp3) is 0.316. The van der Waals surface area contributed by atoms with Crippen molar-refractivity contribution in [2.75, 3.05) is 34.5 Å². The molecular formula is C38H36K2N14O14S4. The number of carbonyl (C=O) groups excluding carboxylic acids is 6. The molecule has 0 saturated carbocycles. The number of nitrogens with two attached hydrogens (primary N) is 2. The number of benzene rings is 2. The summed E-state index contributed by atoms with van der Waals surface area (Å²) >= 11 is 4.50. The van der Waals surface area contributed by atoms with Crippen molar-refractivity contribution in [3.63, 3.8) is 0 Å². The molecule has 2 saturated heterocycles. The molecular weight excluding hydrogens is 1080 g/mol. The number of hydrogen-bond donors (Lipinski definition) is 8. The second-order valence-corrected chi connectivity index (χ2v) is 19.1. The number of nitrogens with one attached hydrogen (secondary N) is 2. The molecule has 368 valence electrons. The van der Waals surface area contributed by atoms with Crippen LogP contribution in [0.2, 0.25) is 0 Å². The van der Waals surface area contributed by atoms with Gasteiger partial charge in [0, 0.05) is 34.4 Å². The summed E-state index contributed by atoms with van der Waals surface area (Å²) in [7, 11) is 0. The fourth-order valence-corrected chi connectivity index (χ4v) is 11.9. The number of carbonyl (C=O) groups is 8. The second-order valence-electron chi connectivity index (χ2n) is 15.0. The van der Waals surface area contributed by atoms with Crippen molar-refractivity contribution in [1.29, 1.82) is 0 Å². The molecule has 28 nitrogen and oxygen atoms in total. The van der Waals surface area contributed by atoms with Crippen LogP contribution in [0.15, 0.2) is 81.4 Å². The molecule has 0 bridgehead atoms. The van der Waals surface area contributed by atoms with Gasteiger partial charge in [0.15, 0.2) is 12.2 Å². The molecule has 4 aromatic rings. The number of nitrogens with zero attached hydrogens (tertiary/aromatic N) is 10. The van der Waals surface area contributed by atoms with Crippen molar-refractivity contribution >= 4 is 106 Å². The minimum Gasteiger partial charge on any atom is -0.543 e. The third-order valence-corrected chi connectivity index (χ3v) is 15.1. The van der Waals surface area contributed by atoms with Gasteiger partial charge in [-0.05, 0) is 67.4 Å². The molecule has 34 heteroatoms. The monoisotopic (exact) mass is 1120 g/mol. The van der Waals surface area contributed by atoms with Crippen LogP contribution in [-0.4, -0.2) is 164 Å². The summed E-state index contributed by atoms with van der Waals surface area (Å²) in [5.41, 5.74) is 12.7. The van der Waals surface area contributed by atoms with Crippen molar-refractivity contribution in [3.05, 3.63) is 82.2 Å². The summed E-state index contributed by atoms with van der Waals surface area (Å²) in [5, 5.41) is 87.6. The predicted molar refractivity (Wildman–Crippen MR) is 238 cm³/mol. The molecule has 2 fully saturated rings. The first-order chi connectivity index (χ1) is 33.3. The van der Waals surface area contributed by atoms with Crippen molar-refractivity contribution in [1.82, 2.24) is 60.8 Å². The summed E-state index contributed by atoms with van der Waals surface area (Å²) in [6, 6.07) is 10.2. The van der Waals surface area contributed by atoms with Gasteiger partial charge in [0.25, 0.3) is 23.6 Å². The van der Waals surface area contributed by atoms with Crippen LogP contribution in [0.1, 0.15) is 23.3 Å². The van der Waals surface area contributed by atoms with Crippen LogP contribution in [0.3, 0.4) is 0 Å². The maximum atomic E-state index is 12.8. The van der Waals surface area contributed by atoms with E-state index in [9.17, 15) is 58.8 Å². The van der Waals surface area contributed by atoms with E-state index in [-0.39, 0.29) is 159 Å². The Morgan fingerprint density at radius 1 is 0.681 bits per heavy atom. The normalized spacial score (nSPS) is 19.6. The number of β-lactam (4-membered cyclic amide) rings is 2. The maximum Gasteiger partial charge on any atom is 1.00 e. The molecule has 10 N–H and O–H groups in total. The molecule has 8 rings (SSSR count). The second kappa shape index (κ2) is 26.0. The first kappa shape index (κ1) is 58.9. The Morgan fingerprint density at radius 3 is 1.39 bits per heavy atom. The van der Waals surface area contributed by atoms with Gasteiger partial charge in [-0.2, -0.15) is 0 Å². The first-order valence-electron chi connectivity index (χ1n) is 20.0. The molecule has 0 aliphatic carbocycles. The van der Waals surface area contributed by atoms with E-state index in [1.807, 2.05) is 0 Å². The average molecular weight is 1120 g/mol. The van der Waals surface area contributed by atoms with Gasteiger partial charge in [0.05, 0.1) is 23.3 Å². The van der Waals surface area contributed by atoms with Crippen molar-refractivity contribution < 1.29 is 172 Å². The van der Waals surface area contributed by atoms with E-state index < -0.39 is 95.6 Å². The zero-order chi connectivity index (χ0) is 50.6. The molecule has 4 amide bonds. The number of amides is 4. The Hall–Kier alpha value is -3.99. The van der Waals surface area contributed by atoms with Gasteiger partial charge in [-0.25, -0.2) is 9.36 Å². The van der Waals surface area contributed by atoms with Crippen molar-refractivity contribution in [3.8, 4) is 0 Å². The molecule has 4 aliphatic rings. The van der Waals surface area contributed by atoms with E-state index in [1.165, 1.54) is 47.8 Å². The zero-order valence-corrected chi connectivity index (χ0v) is 47.0.